The van der Waals surface area contributed by atoms with E-state index in [1.165, 1.54) is 0 Å². The van der Waals surface area contributed by atoms with Crippen LogP contribution < -0.4 is 16.4 Å². The molecule has 0 N–H and O–H groups in total. The van der Waals surface area contributed by atoms with Gasteiger partial charge in [0.2, 0.25) is 6.71 Å². The highest BCUT2D eigenvalue weighted by atomic mass is 19.4. The van der Waals surface area contributed by atoms with E-state index in [1.807, 2.05) is 0 Å². The molecule has 0 radical (unpaired) electrons. The second kappa shape index (κ2) is 10.6. The molecule has 3 aromatic rings. The SMILES string of the molecule is FC(F)(F)c1cc(B(c2c(C(F)(F)F)cccc2C(F)(F)F)c2c(C(F)(F)F)cccc2C(F)(F)F)cc(C(F)(F)F)c1. The molecule has 3 rings (SSSR count). The number of hydrogen-bond acceptors (Lipinski definition) is 0. The van der Waals surface area contributed by atoms with Crippen LogP contribution in [0.3, 0.4) is 0 Å². The van der Waals surface area contributed by atoms with Gasteiger partial charge in [-0.2, -0.15) is 79.0 Å². The molecule has 0 amide bonds. The third-order valence-electron chi connectivity index (χ3n) is 5.95. The van der Waals surface area contributed by atoms with Gasteiger partial charge in [-0.05, 0) is 17.0 Å². The van der Waals surface area contributed by atoms with Crippen molar-refractivity contribution in [2.24, 2.45) is 0 Å². The maximum Gasteiger partial charge on any atom is 0.416 e. The molecule has 0 saturated heterocycles. The van der Waals surface area contributed by atoms with Crippen molar-refractivity contribution in [3.63, 3.8) is 0 Å². The summed E-state index contributed by atoms with van der Waals surface area (Å²) in [5, 5.41) is 0. The minimum Gasteiger partial charge on any atom is -0.166 e. The van der Waals surface area contributed by atoms with Crippen molar-refractivity contribution in [2.75, 3.05) is 0 Å². The van der Waals surface area contributed by atoms with Gasteiger partial charge in [0.15, 0.2) is 0 Å². The van der Waals surface area contributed by atoms with Crippen LogP contribution in [-0.2, 0) is 37.1 Å². The zero-order chi connectivity index (χ0) is 33.1. The maximum atomic E-state index is 14.0. The van der Waals surface area contributed by atoms with Crippen molar-refractivity contribution in [3.05, 3.63) is 88.0 Å². The van der Waals surface area contributed by atoms with E-state index >= 15 is 0 Å². The molecule has 3 aromatic carbocycles. The van der Waals surface area contributed by atoms with Crippen LogP contribution in [0.25, 0.3) is 0 Å². The van der Waals surface area contributed by atoms with Crippen molar-refractivity contribution < 1.29 is 79.0 Å². The van der Waals surface area contributed by atoms with Crippen LogP contribution >= 0.6 is 0 Å². The van der Waals surface area contributed by atoms with Gasteiger partial charge in [-0.15, -0.1) is 0 Å². The first kappa shape index (κ1) is 34.0. The molecule has 19 heteroatoms. The van der Waals surface area contributed by atoms with Gasteiger partial charge in [-0.3, -0.25) is 0 Å². The molecule has 234 valence electrons. The third kappa shape index (κ3) is 7.17. The molecule has 0 nitrogen and oxygen atoms in total. The molecule has 0 aliphatic heterocycles. The van der Waals surface area contributed by atoms with Crippen LogP contribution in [-0.4, -0.2) is 6.71 Å². The van der Waals surface area contributed by atoms with Gasteiger partial charge >= 0.3 is 37.1 Å². The summed E-state index contributed by atoms with van der Waals surface area (Å²) >= 11 is 0. The number of halogens is 18. The molecule has 0 unspecified atom stereocenters. The molecule has 0 aliphatic carbocycles. The van der Waals surface area contributed by atoms with Gasteiger partial charge in [0.05, 0.1) is 33.4 Å². The molecular weight excluding hydrogens is 641 g/mol. The second-order valence-corrected chi connectivity index (χ2v) is 8.80. The van der Waals surface area contributed by atoms with E-state index in [1.54, 1.807) is 0 Å². The fourth-order valence-corrected chi connectivity index (χ4v) is 4.36. The van der Waals surface area contributed by atoms with E-state index in [0.29, 0.717) is 0 Å². The quantitative estimate of drug-likeness (QED) is 0.198. The molecule has 0 atom stereocenters. The Morgan fingerprint density at radius 1 is 0.349 bits per heavy atom. The predicted octanol–water partition coefficient (Wildman–Crippen LogP) is 8.32. The Balaban J connectivity index is 2.79. The Morgan fingerprint density at radius 2 is 0.605 bits per heavy atom. The Bertz CT molecular complexity index is 1310. The summed E-state index contributed by atoms with van der Waals surface area (Å²) < 4.78 is 250. The van der Waals surface area contributed by atoms with E-state index in [0.717, 1.165) is 0 Å². The monoisotopic (exact) mass is 650 g/mol. The van der Waals surface area contributed by atoms with Crippen LogP contribution in [0.1, 0.15) is 33.4 Å². The fraction of sp³-hybridized carbons (Fsp3) is 0.250. The Hall–Kier alpha value is -3.54. The average Bonchev–Trinajstić information content (AvgIpc) is 2.80. The summed E-state index contributed by atoms with van der Waals surface area (Å²) in [4.78, 5) is 0. The molecule has 0 heterocycles. The van der Waals surface area contributed by atoms with E-state index in [-0.39, 0.29) is 36.4 Å². The Morgan fingerprint density at radius 3 is 0.814 bits per heavy atom. The summed E-state index contributed by atoms with van der Waals surface area (Å²) in [7, 11) is 0. The van der Waals surface area contributed by atoms with Crippen molar-refractivity contribution in [1.29, 1.82) is 0 Å². The van der Waals surface area contributed by atoms with Gasteiger partial charge in [0, 0.05) is 0 Å². The van der Waals surface area contributed by atoms with Crippen molar-refractivity contribution in [1.82, 2.24) is 0 Å². The lowest BCUT2D eigenvalue weighted by Gasteiger charge is -2.29. The first-order valence-electron chi connectivity index (χ1n) is 11.0. The maximum absolute atomic E-state index is 14.0. The minimum atomic E-state index is -6.02. The van der Waals surface area contributed by atoms with Gasteiger partial charge in [-0.1, -0.05) is 54.0 Å². The minimum absolute atomic E-state index is 0.0554. The van der Waals surface area contributed by atoms with Gasteiger partial charge in [0.25, 0.3) is 0 Å². The largest absolute Gasteiger partial charge is 0.416 e. The molecule has 0 saturated carbocycles. The first-order valence-corrected chi connectivity index (χ1v) is 11.0. The van der Waals surface area contributed by atoms with Crippen LogP contribution in [0.5, 0.6) is 0 Å². The summed E-state index contributed by atoms with van der Waals surface area (Å²) in [5.74, 6) is 0. The summed E-state index contributed by atoms with van der Waals surface area (Å²) in [6.07, 6.45) is -35.8. The van der Waals surface area contributed by atoms with Crippen molar-refractivity contribution >= 4 is 23.1 Å². The number of rotatable bonds is 3. The number of benzene rings is 3. The fourth-order valence-electron chi connectivity index (χ4n) is 4.36. The molecular formula is C24H9BF18. The smallest absolute Gasteiger partial charge is 0.166 e. The summed E-state index contributed by atoms with van der Waals surface area (Å²) in [5.41, 5.74) is -22.1. The average molecular weight is 650 g/mol. The zero-order valence-electron chi connectivity index (χ0n) is 20.1. The van der Waals surface area contributed by atoms with Crippen LogP contribution in [0.2, 0.25) is 0 Å². The Labute approximate surface area is 228 Å². The third-order valence-corrected chi connectivity index (χ3v) is 5.95. The Kier molecular flexibility index (Phi) is 8.35. The molecule has 0 fully saturated rings. The summed E-state index contributed by atoms with van der Waals surface area (Å²) in [6.45, 7) is -3.78. The molecule has 43 heavy (non-hydrogen) atoms. The normalized spacial score (nSPS) is 13.8. The molecule has 0 bridgehead atoms. The molecule has 0 aromatic heterocycles. The first-order chi connectivity index (χ1) is 19.1. The van der Waals surface area contributed by atoms with Crippen molar-refractivity contribution in [3.8, 4) is 0 Å². The van der Waals surface area contributed by atoms with Crippen LogP contribution in [0, 0.1) is 0 Å². The lowest BCUT2D eigenvalue weighted by Crippen LogP contribution is -2.59. The predicted molar refractivity (Wildman–Crippen MR) is 114 cm³/mol. The van der Waals surface area contributed by atoms with E-state index in [4.69, 9.17) is 0 Å². The molecule has 0 aliphatic rings. The van der Waals surface area contributed by atoms with Crippen LogP contribution in [0.4, 0.5) is 79.0 Å². The standard InChI is InChI=1S/C24H9BF18/c26-19(27,28)10-7-11(20(29,30)31)9-12(8-10)25(17-13(21(32,33)34)3-1-4-14(17)22(35,36)37)18-15(23(38,39)40)5-2-6-16(18)24(41,42)43/h1-9H. The summed E-state index contributed by atoms with van der Waals surface area (Å²) in [6, 6.07) is -2.53. The second-order valence-electron chi connectivity index (χ2n) is 8.80. The van der Waals surface area contributed by atoms with Gasteiger partial charge in [0.1, 0.15) is 0 Å². The zero-order valence-corrected chi connectivity index (χ0v) is 20.1. The van der Waals surface area contributed by atoms with E-state index in [9.17, 15) is 79.0 Å². The van der Waals surface area contributed by atoms with Gasteiger partial charge in [-0.25, -0.2) is 0 Å². The van der Waals surface area contributed by atoms with Crippen molar-refractivity contribution in [2.45, 2.75) is 37.1 Å². The van der Waals surface area contributed by atoms with Gasteiger partial charge < -0.3 is 0 Å². The molecule has 0 spiro atoms. The van der Waals surface area contributed by atoms with Crippen LogP contribution in [0.15, 0.2) is 54.6 Å². The van der Waals surface area contributed by atoms with E-state index in [2.05, 4.69) is 0 Å². The lowest BCUT2D eigenvalue weighted by molar-refractivity contribution is -0.144. The van der Waals surface area contributed by atoms with E-state index < -0.39 is 112 Å². The highest BCUT2D eigenvalue weighted by molar-refractivity contribution is 6.96. The number of hydrogen-bond donors (Lipinski definition) is 0. The topological polar surface area (TPSA) is 0 Å². The lowest BCUT2D eigenvalue weighted by atomic mass is 9.33. The highest BCUT2D eigenvalue weighted by Gasteiger charge is 2.50. The number of alkyl halides is 18. The highest BCUT2D eigenvalue weighted by Crippen LogP contribution is 2.39.